The summed E-state index contributed by atoms with van der Waals surface area (Å²) in [6.45, 7) is 4.77. The Morgan fingerprint density at radius 1 is 1.40 bits per heavy atom. The average Bonchev–Trinajstić information content (AvgIpc) is 2.84. The van der Waals surface area contributed by atoms with Gasteiger partial charge in [0.25, 0.3) is 0 Å². The smallest absolute Gasteiger partial charge is 0.173 e. The van der Waals surface area contributed by atoms with E-state index in [0.717, 1.165) is 17.7 Å². The molecule has 0 aromatic heterocycles. The van der Waals surface area contributed by atoms with Crippen molar-refractivity contribution in [3.05, 3.63) is 40.8 Å². The number of fused-ring (bicyclic) bond motifs is 1. The van der Waals surface area contributed by atoms with Crippen molar-refractivity contribution in [2.45, 2.75) is 38.5 Å². The first-order valence-electron chi connectivity index (χ1n) is 6.79. The van der Waals surface area contributed by atoms with Crippen molar-refractivity contribution in [3.8, 4) is 5.75 Å². The molecule has 0 saturated carbocycles. The fraction of sp³-hybridized carbons (Fsp3) is 0.467. The molecule has 1 aromatic rings. The number of hydrogen-bond donors (Lipinski definition) is 1. The predicted molar refractivity (Wildman–Crippen MR) is 78.4 cm³/mol. The van der Waals surface area contributed by atoms with Crippen LogP contribution < -0.4 is 10.1 Å². The third-order valence-electron chi connectivity index (χ3n) is 3.66. The van der Waals surface area contributed by atoms with Crippen molar-refractivity contribution in [2.75, 3.05) is 5.75 Å². The minimum absolute atomic E-state index is 0.106. The standard InChI is InChI=1S/C15H19NO3S/c1-15(2)8-11-4-3-5-12(14(11)19-15)9-16-13-6-7-20(17,18)10-13/h3-7,13,16H,8-10H2,1-2H3. The Balaban J connectivity index is 1.72. The normalized spacial score (nSPS) is 25.4. The molecule has 3 rings (SSSR count). The highest BCUT2D eigenvalue weighted by Gasteiger charge is 2.31. The Kier molecular flexibility index (Phi) is 3.14. The molecule has 1 aromatic carbocycles. The molecule has 4 nitrogen and oxygen atoms in total. The summed E-state index contributed by atoms with van der Waals surface area (Å²) in [4.78, 5) is 0. The molecular weight excluding hydrogens is 274 g/mol. The fourth-order valence-corrected chi connectivity index (χ4v) is 4.03. The van der Waals surface area contributed by atoms with Gasteiger partial charge in [0.1, 0.15) is 11.4 Å². The Hall–Kier alpha value is -1.33. The number of nitrogens with one attached hydrogen (secondary N) is 1. The van der Waals surface area contributed by atoms with Gasteiger partial charge in [0, 0.05) is 30.0 Å². The third kappa shape index (κ3) is 2.74. The van der Waals surface area contributed by atoms with E-state index in [4.69, 9.17) is 4.74 Å². The minimum Gasteiger partial charge on any atom is -0.487 e. The maximum absolute atomic E-state index is 11.4. The Labute approximate surface area is 119 Å². The van der Waals surface area contributed by atoms with Crippen molar-refractivity contribution in [2.24, 2.45) is 0 Å². The van der Waals surface area contributed by atoms with Crippen LogP contribution in [-0.2, 0) is 22.8 Å². The Bertz CT molecular complexity index is 662. The molecule has 1 atom stereocenters. The molecule has 2 aliphatic rings. The Morgan fingerprint density at radius 3 is 2.90 bits per heavy atom. The zero-order chi connectivity index (χ0) is 14.4. The van der Waals surface area contributed by atoms with E-state index < -0.39 is 9.84 Å². The molecule has 1 N–H and O–H groups in total. The van der Waals surface area contributed by atoms with Gasteiger partial charge in [0.15, 0.2) is 9.84 Å². The minimum atomic E-state index is -3.00. The van der Waals surface area contributed by atoms with Crippen molar-refractivity contribution < 1.29 is 13.2 Å². The maximum atomic E-state index is 11.4. The van der Waals surface area contributed by atoms with Crippen molar-refractivity contribution in [3.63, 3.8) is 0 Å². The van der Waals surface area contributed by atoms with Crippen LogP contribution in [0, 0.1) is 0 Å². The van der Waals surface area contributed by atoms with E-state index in [0.29, 0.717) is 6.54 Å². The van der Waals surface area contributed by atoms with E-state index in [1.54, 1.807) is 6.08 Å². The van der Waals surface area contributed by atoms with Gasteiger partial charge in [-0.05, 0) is 19.4 Å². The third-order valence-corrected chi connectivity index (χ3v) is 5.05. The molecule has 2 heterocycles. The van der Waals surface area contributed by atoms with Gasteiger partial charge in [-0.2, -0.15) is 0 Å². The monoisotopic (exact) mass is 293 g/mol. The summed E-state index contributed by atoms with van der Waals surface area (Å²) in [5, 5.41) is 4.56. The summed E-state index contributed by atoms with van der Waals surface area (Å²) >= 11 is 0. The van der Waals surface area contributed by atoms with E-state index in [-0.39, 0.29) is 17.4 Å². The highest BCUT2D eigenvalue weighted by Crippen LogP contribution is 2.37. The zero-order valence-corrected chi connectivity index (χ0v) is 12.5. The van der Waals surface area contributed by atoms with Crippen LogP contribution in [0.4, 0.5) is 0 Å². The lowest BCUT2D eigenvalue weighted by Gasteiger charge is -2.18. The first-order valence-corrected chi connectivity index (χ1v) is 8.50. The molecule has 2 aliphatic heterocycles. The van der Waals surface area contributed by atoms with Crippen LogP contribution in [0.1, 0.15) is 25.0 Å². The van der Waals surface area contributed by atoms with E-state index in [1.807, 2.05) is 12.1 Å². The first-order chi connectivity index (χ1) is 9.35. The molecule has 1 unspecified atom stereocenters. The molecule has 0 fully saturated rings. The molecule has 0 spiro atoms. The highest BCUT2D eigenvalue weighted by molar-refractivity contribution is 7.94. The van der Waals surface area contributed by atoms with Gasteiger partial charge in [-0.3, -0.25) is 0 Å². The lowest BCUT2D eigenvalue weighted by Crippen LogP contribution is -2.30. The van der Waals surface area contributed by atoms with Gasteiger partial charge >= 0.3 is 0 Å². The maximum Gasteiger partial charge on any atom is 0.173 e. The molecule has 0 aliphatic carbocycles. The average molecular weight is 293 g/mol. The molecule has 20 heavy (non-hydrogen) atoms. The lowest BCUT2D eigenvalue weighted by atomic mass is 10.0. The molecule has 0 amide bonds. The van der Waals surface area contributed by atoms with Crippen LogP contribution in [0.3, 0.4) is 0 Å². The molecule has 108 valence electrons. The van der Waals surface area contributed by atoms with Crippen LogP contribution in [-0.4, -0.2) is 25.8 Å². The van der Waals surface area contributed by atoms with Crippen LogP contribution in [0.15, 0.2) is 29.7 Å². The van der Waals surface area contributed by atoms with Gasteiger partial charge in [0.05, 0.1) is 5.75 Å². The van der Waals surface area contributed by atoms with Crippen molar-refractivity contribution in [1.29, 1.82) is 0 Å². The van der Waals surface area contributed by atoms with Crippen LogP contribution in [0.2, 0.25) is 0 Å². The summed E-state index contributed by atoms with van der Waals surface area (Å²) in [7, 11) is -3.00. The number of ether oxygens (including phenoxy) is 1. The van der Waals surface area contributed by atoms with Crippen LogP contribution in [0.5, 0.6) is 5.75 Å². The number of para-hydroxylation sites is 1. The van der Waals surface area contributed by atoms with Crippen molar-refractivity contribution >= 4 is 9.84 Å². The molecule has 0 bridgehead atoms. The summed E-state index contributed by atoms with van der Waals surface area (Å²) in [5.41, 5.74) is 2.16. The van der Waals surface area contributed by atoms with Crippen LogP contribution in [0.25, 0.3) is 0 Å². The van der Waals surface area contributed by atoms with E-state index in [1.165, 1.54) is 11.0 Å². The van der Waals surface area contributed by atoms with Gasteiger partial charge in [0.2, 0.25) is 0 Å². The Morgan fingerprint density at radius 2 is 2.20 bits per heavy atom. The van der Waals surface area contributed by atoms with Gasteiger partial charge < -0.3 is 10.1 Å². The molecule has 5 heteroatoms. The lowest BCUT2D eigenvalue weighted by molar-refractivity contribution is 0.137. The highest BCUT2D eigenvalue weighted by atomic mass is 32.2. The van der Waals surface area contributed by atoms with E-state index in [9.17, 15) is 8.42 Å². The topological polar surface area (TPSA) is 55.4 Å². The van der Waals surface area contributed by atoms with Gasteiger partial charge in [-0.1, -0.05) is 24.3 Å². The van der Waals surface area contributed by atoms with Crippen molar-refractivity contribution in [1.82, 2.24) is 5.32 Å². The molecule has 0 saturated heterocycles. The molecular formula is C15H19NO3S. The summed E-state index contributed by atoms with van der Waals surface area (Å²) < 4.78 is 28.8. The predicted octanol–water partition coefficient (Wildman–Crippen LogP) is 1.80. The number of hydrogen-bond acceptors (Lipinski definition) is 4. The second-order valence-electron chi connectivity index (χ2n) is 6.09. The number of rotatable bonds is 3. The summed E-state index contributed by atoms with van der Waals surface area (Å²) in [6.07, 6.45) is 2.62. The zero-order valence-electron chi connectivity index (χ0n) is 11.7. The second kappa shape index (κ2) is 4.60. The quantitative estimate of drug-likeness (QED) is 0.923. The fourth-order valence-electron chi connectivity index (χ4n) is 2.76. The largest absolute Gasteiger partial charge is 0.487 e. The van der Waals surface area contributed by atoms with Gasteiger partial charge in [-0.25, -0.2) is 8.42 Å². The van der Waals surface area contributed by atoms with E-state index >= 15 is 0 Å². The number of sulfone groups is 1. The van der Waals surface area contributed by atoms with E-state index in [2.05, 4.69) is 25.2 Å². The molecule has 0 radical (unpaired) electrons. The number of benzene rings is 1. The second-order valence-corrected chi connectivity index (χ2v) is 8.02. The summed E-state index contributed by atoms with van der Waals surface area (Å²) in [6, 6.07) is 6.04. The van der Waals surface area contributed by atoms with Crippen LogP contribution >= 0.6 is 0 Å². The van der Waals surface area contributed by atoms with Gasteiger partial charge in [-0.15, -0.1) is 0 Å². The summed E-state index contributed by atoms with van der Waals surface area (Å²) in [5.74, 6) is 1.10. The first kappa shape index (κ1) is 13.6. The SMILES string of the molecule is CC1(C)Cc2cccc(CNC3C=CS(=O)(=O)C3)c2O1.